The molecule has 0 unspecified atom stereocenters. The van der Waals surface area contributed by atoms with Crippen LogP contribution in [0, 0.1) is 0 Å². The highest BCUT2D eigenvalue weighted by Crippen LogP contribution is 2.30. The molecule has 1 aliphatic rings. The van der Waals surface area contributed by atoms with E-state index in [1.54, 1.807) is 0 Å². The summed E-state index contributed by atoms with van der Waals surface area (Å²) in [6.45, 7) is 6.54. The number of nitrogens with zero attached hydrogens (tertiary/aromatic N) is 3. The van der Waals surface area contributed by atoms with Crippen molar-refractivity contribution in [1.82, 2.24) is 14.3 Å². The lowest BCUT2D eigenvalue weighted by Gasteiger charge is -2.29. The third kappa shape index (κ3) is 4.82. The van der Waals surface area contributed by atoms with E-state index in [0.29, 0.717) is 11.9 Å². The first-order valence-corrected chi connectivity index (χ1v) is 10.4. The van der Waals surface area contributed by atoms with E-state index in [1.165, 1.54) is 24.4 Å². The lowest BCUT2D eigenvalue weighted by molar-refractivity contribution is 0.344. The van der Waals surface area contributed by atoms with Gasteiger partial charge in [-0.25, -0.2) is 14.3 Å². The molecule has 0 amide bonds. The topological polar surface area (TPSA) is 53.1 Å². The SMILES string of the molecule is CC(C)Nc1cc(Nc2cccc(SN3CCC3)c2)nc(-c2ccccc2)n1. The fraction of sp³-hybridized carbons (Fsp3) is 0.273. The number of rotatable bonds is 7. The quantitative estimate of drug-likeness (QED) is 0.525. The van der Waals surface area contributed by atoms with E-state index in [1.807, 2.05) is 48.3 Å². The van der Waals surface area contributed by atoms with Crippen LogP contribution < -0.4 is 10.6 Å². The summed E-state index contributed by atoms with van der Waals surface area (Å²) in [6.07, 6.45) is 1.29. The van der Waals surface area contributed by atoms with E-state index in [0.717, 1.165) is 22.9 Å². The number of benzene rings is 2. The molecule has 0 aliphatic carbocycles. The van der Waals surface area contributed by atoms with Gasteiger partial charge in [0.1, 0.15) is 11.6 Å². The molecule has 6 heteroatoms. The molecular weight excluding hydrogens is 366 g/mol. The zero-order valence-electron chi connectivity index (χ0n) is 16.2. The molecule has 5 nitrogen and oxygen atoms in total. The van der Waals surface area contributed by atoms with E-state index < -0.39 is 0 Å². The first kappa shape index (κ1) is 18.8. The molecular formula is C22H25N5S. The van der Waals surface area contributed by atoms with Crippen LogP contribution >= 0.6 is 11.9 Å². The Labute approximate surface area is 170 Å². The van der Waals surface area contributed by atoms with Crippen molar-refractivity contribution >= 4 is 29.3 Å². The molecule has 1 aromatic heterocycles. The molecule has 0 atom stereocenters. The van der Waals surface area contributed by atoms with Gasteiger partial charge in [0.05, 0.1) is 0 Å². The highest BCUT2D eigenvalue weighted by atomic mass is 32.2. The second kappa shape index (κ2) is 8.63. The molecule has 1 fully saturated rings. The predicted octanol–water partition coefficient (Wildman–Crippen LogP) is 5.42. The average Bonchev–Trinajstić information content (AvgIpc) is 2.65. The van der Waals surface area contributed by atoms with Gasteiger partial charge in [-0.2, -0.15) is 0 Å². The number of nitrogens with one attached hydrogen (secondary N) is 2. The van der Waals surface area contributed by atoms with Crippen molar-refractivity contribution in [3.05, 3.63) is 60.7 Å². The van der Waals surface area contributed by atoms with Crippen LogP contribution in [0.15, 0.2) is 65.6 Å². The molecule has 2 aromatic carbocycles. The monoisotopic (exact) mass is 391 g/mol. The van der Waals surface area contributed by atoms with Crippen LogP contribution in [0.2, 0.25) is 0 Å². The van der Waals surface area contributed by atoms with Crippen molar-refractivity contribution in [2.75, 3.05) is 23.7 Å². The van der Waals surface area contributed by atoms with Crippen molar-refractivity contribution in [2.45, 2.75) is 31.2 Å². The first-order valence-electron chi connectivity index (χ1n) is 9.67. The van der Waals surface area contributed by atoms with Gasteiger partial charge in [-0.05, 0) is 50.4 Å². The maximum Gasteiger partial charge on any atom is 0.163 e. The van der Waals surface area contributed by atoms with E-state index in [-0.39, 0.29) is 0 Å². The second-order valence-corrected chi connectivity index (χ2v) is 8.32. The van der Waals surface area contributed by atoms with Crippen LogP contribution in [-0.4, -0.2) is 33.4 Å². The van der Waals surface area contributed by atoms with Gasteiger partial charge in [0, 0.05) is 41.3 Å². The van der Waals surface area contributed by atoms with Crippen LogP contribution in [0.1, 0.15) is 20.3 Å². The molecule has 1 saturated heterocycles. The number of aromatic nitrogens is 2. The third-order valence-electron chi connectivity index (χ3n) is 4.35. The van der Waals surface area contributed by atoms with E-state index in [9.17, 15) is 0 Å². The minimum atomic E-state index is 0.294. The van der Waals surface area contributed by atoms with Gasteiger partial charge < -0.3 is 10.6 Å². The number of hydrogen-bond acceptors (Lipinski definition) is 6. The summed E-state index contributed by atoms with van der Waals surface area (Å²) in [5.74, 6) is 2.31. The Bertz CT molecular complexity index is 925. The summed E-state index contributed by atoms with van der Waals surface area (Å²) in [5, 5.41) is 6.85. The average molecular weight is 392 g/mol. The number of anilines is 3. The van der Waals surface area contributed by atoms with Crippen molar-refractivity contribution in [1.29, 1.82) is 0 Å². The molecule has 3 aromatic rings. The number of hydrogen-bond donors (Lipinski definition) is 2. The largest absolute Gasteiger partial charge is 0.368 e. The van der Waals surface area contributed by atoms with Crippen LogP contribution in [0.25, 0.3) is 11.4 Å². The van der Waals surface area contributed by atoms with Gasteiger partial charge in [0.2, 0.25) is 0 Å². The highest BCUT2D eigenvalue weighted by Gasteiger charge is 2.15. The van der Waals surface area contributed by atoms with Gasteiger partial charge in [0.15, 0.2) is 5.82 Å². The maximum absolute atomic E-state index is 4.74. The van der Waals surface area contributed by atoms with Crippen LogP contribution in [0.5, 0.6) is 0 Å². The molecule has 0 spiro atoms. The van der Waals surface area contributed by atoms with Gasteiger partial charge in [-0.15, -0.1) is 0 Å². The Morgan fingerprint density at radius 2 is 1.71 bits per heavy atom. The van der Waals surface area contributed by atoms with E-state index in [4.69, 9.17) is 4.98 Å². The standard InChI is InChI=1S/C22H25N5S/c1-16(2)23-20-15-21(26-22(25-20)17-8-4-3-5-9-17)24-18-10-6-11-19(14-18)28-27-12-7-13-27/h3-6,8-11,14-16H,7,12-13H2,1-2H3,(H2,23,24,25,26). The Kier molecular flexibility index (Phi) is 5.78. The fourth-order valence-corrected chi connectivity index (χ4v) is 3.96. The molecule has 0 radical (unpaired) electrons. The molecule has 1 aliphatic heterocycles. The maximum atomic E-state index is 4.74. The lowest BCUT2D eigenvalue weighted by Crippen LogP contribution is -2.30. The molecule has 144 valence electrons. The van der Waals surface area contributed by atoms with Crippen molar-refractivity contribution in [3.8, 4) is 11.4 Å². The summed E-state index contributed by atoms with van der Waals surface area (Å²) in [6, 6.07) is 20.8. The molecule has 2 heterocycles. The summed E-state index contributed by atoms with van der Waals surface area (Å²) in [4.78, 5) is 10.7. The Balaban J connectivity index is 1.60. The molecule has 0 bridgehead atoms. The van der Waals surface area contributed by atoms with Crippen molar-refractivity contribution < 1.29 is 0 Å². The Hall–Kier alpha value is -2.57. The summed E-state index contributed by atoms with van der Waals surface area (Å²) in [7, 11) is 0. The minimum absolute atomic E-state index is 0.294. The zero-order valence-corrected chi connectivity index (χ0v) is 17.0. The van der Waals surface area contributed by atoms with Crippen molar-refractivity contribution in [3.63, 3.8) is 0 Å². The van der Waals surface area contributed by atoms with E-state index >= 15 is 0 Å². The summed E-state index contributed by atoms with van der Waals surface area (Å²) >= 11 is 1.81. The minimum Gasteiger partial charge on any atom is -0.368 e. The van der Waals surface area contributed by atoms with Crippen LogP contribution in [0.4, 0.5) is 17.3 Å². The predicted molar refractivity (Wildman–Crippen MR) is 118 cm³/mol. The van der Waals surface area contributed by atoms with Crippen LogP contribution in [0.3, 0.4) is 0 Å². The van der Waals surface area contributed by atoms with E-state index in [2.05, 4.69) is 58.0 Å². The zero-order chi connectivity index (χ0) is 19.3. The molecule has 0 saturated carbocycles. The van der Waals surface area contributed by atoms with Gasteiger partial charge in [-0.3, -0.25) is 0 Å². The molecule has 4 rings (SSSR count). The lowest BCUT2D eigenvalue weighted by atomic mass is 10.2. The van der Waals surface area contributed by atoms with Crippen molar-refractivity contribution in [2.24, 2.45) is 0 Å². The fourth-order valence-electron chi connectivity index (χ4n) is 2.90. The molecule has 28 heavy (non-hydrogen) atoms. The van der Waals surface area contributed by atoms with Gasteiger partial charge in [0.25, 0.3) is 0 Å². The van der Waals surface area contributed by atoms with Gasteiger partial charge in [-0.1, -0.05) is 36.4 Å². The highest BCUT2D eigenvalue weighted by molar-refractivity contribution is 7.97. The Morgan fingerprint density at radius 3 is 2.43 bits per heavy atom. The Morgan fingerprint density at radius 1 is 0.929 bits per heavy atom. The first-order chi connectivity index (χ1) is 13.7. The second-order valence-electron chi connectivity index (χ2n) is 7.15. The smallest absolute Gasteiger partial charge is 0.163 e. The summed E-state index contributed by atoms with van der Waals surface area (Å²) in [5.41, 5.74) is 2.03. The van der Waals surface area contributed by atoms with Crippen LogP contribution in [-0.2, 0) is 0 Å². The summed E-state index contributed by atoms with van der Waals surface area (Å²) < 4.78 is 2.38. The van der Waals surface area contributed by atoms with Gasteiger partial charge >= 0.3 is 0 Å². The third-order valence-corrected chi connectivity index (χ3v) is 5.44. The normalized spacial score (nSPS) is 14.0. The molecule has 2 N–H and O–H groups in total.